The smallest absolute Gasteiger partial charge is 0.353 e. The van der Waals surface area contributed by atoms with Crippen LogP contribution in [0.4, 0.5) is 8.78 Å². The summed E-state index contributed by atoms with van der Waals surface area (Å²) in [4.78, 5) is 10.8. The lowest BCUT2D eigenvalue weighted by Gasteiger charge is -2.19. The number of aliphatic carboxylic acids is 1. The van der Waals surface area contributed by atoms with Gasteiger partial charge in [0.15, 0.2) is 22.6 Å². The van der Waals surface area contributed by atoms with Crippen molar-refractivity contribution in [2.75, 3.05) is 0 Å². The fourth-order valence-corrected chi connectivity index (χ4v) is 2.61. The monoisotopic (exact) mass is 312 g/mol. The second kappa shape index (κ2) is 6.76. The molecule has 1 aromatic carbocycles. The highest BCUT2D eigenvalue weighted by Crippen LogP contribution is 2.21. The van der Waals surface area contributed by atoms with Crippen LogP contribution in [-0.2, 0) is 15.8 Å². The Kier molecular flexibility index (Phi) is 5.32. The molecule has 0 spiro atoms. The highest BCUT2D eigenvalue weighted by atomic mass is 32.2. The van der Waals surface area contributed by atoms with Gasteiger partial charge >= 0.3 is 5.97 Å². The maximum atomic E-state index is 13.4. The SMILES string of the molecule is C=CN(/C(=C\C)C(=O)O)S(=O)c1cc(F)c(F)c(C#N)c1. The van der Waals surface area contributed by atoms with Crippen LogP contribution in [0.15, 0.2) is 41.6 Å². The molecule has 0 aliphatic heterocycles. The molecule has 21 heavy (non-hydrogen) atoms. The number of rotatable bonds is 5. The molecule has 0 aliphatic carbocycles. The number of carboxylic acids is 1. The molecule has 110 valence electrons. The molecule has 0 fully saturated rings. The van der Waals surface area contributed by atoms with Gasteiger partial charge in [-0.05, 0) is 19.1 Å². The van der Waals surface area contributed by atoms with Crippen molar-refractivity contribution in [3.63, 3.8) is 0 Å². The standard InChI is InChI=1S/C13H10F2N2O3S/c1-3-11(13(18)19)17(4-2)21(20)9-5-8(7-16)12(15)10(14)6-9/h3-6H,2H2,1H3,(H,18,19)/b11-3-. The fraction of sp³-hybridized carbons (Fsp3) is 0.0769. The van der Waals surface area contributed by atoms with E-state index in [0.717, 1.165) is 16.6 Å². The molecule has 0 saturated carbocycles. The zero-order chi connectivity index (χ0) is 16.2. The zero-order valence-electron chi connectivity index (χ0n) is 10.8. The van der Waals surface area contributed by atoms with Crippen LogP contribution in [0.3, 0.4) is 0 Å². The van der Waals surface area contributed by atoms with E-state index >= 15 is 0 Å². The van der Waals surface area contributed by atoms with E-state index in [1.54, 1.807) is 0 Å². The summed E-state index contributed by atoms with van der Waals surface area (Å²) in [6, 6.07) is 2.96. The Labute approximate surface area is 122 Å². The third kappa shape index (κ3) is 3.32. The highest BCUT2D eigenvalue weighted by molar-refractivity contribution is 7.83. The second-order valence-electron chi connectivity index (χ2n) is 3.62. The summed E-state index contributed by atoms with van der Waals surface area (Å²) in [5, 5.41) is 17.7. The van der Waals surface area contributed by atoms with Gasteiger partial charge in [-0.1, -0.05) is 12.7 Å². The molecule has 0 aromatic heterocycles. The van der Waals surface area contributed by atoms with Crippen molar-refractivity contribution in [1.82, 2.24) is 4.31 Å². The zero-order valence-corrected chi connectivity index (χ0v) is 11.7. The van der Waals surface area contributed by atoms with Crippen molar-refractivity contribution in [2.24, 2.45) is 0 Å². The summed E-state index contributed by atoms with van der Waals surface area (Å²) in [6.45, 7) is 4.74. The first kappa shape index (κ1) is 16.5. The van der Waals surface area contributed by atoms with Gasteiger partial charge < -0.3 is 5.11 Å². The van der Waals surface area contributed by atoms with Crippen molar-refractivity contribution in [2.45, 2.75) is 11.8 Å². The van der Waals surface area contributed by atoms with E-state index in [-0.39, 0.29) is 10.6 Å². The molecule has 0 aliphatic rings. The Balaban J connectivity index is 3.37. The van der Waals surface area contributed by atoms with Gasteiger partial charge in [-0.15, -0.1) is 0 Å². The molecule has 1 atom stereocenters. The summed E-state index contributed by atoms with van der Waals surface area (Å²) in [5.74, 6) is -4.07. The van der Waals surface area contributed by atoms with Crippen LogP contribution in [-0.4, -0.2) is 19.6 Å². The van der Waals surface area contributed by atoms with E-state index in [1.165, 1.54) is 19.1 Å². The Morgan fingerprint density at radius 3 is 2.57 bits per heavy atom. The minimum absolute atomic E-state index is 0.258. The van der Waals surface area contributed by atoms with Crippen LogP contribution in [0.5, 0.6) is 0 Å². The largest absolute Gasteiger partial charge is 0.477 e. The summed E-state index contributed by atoms with van der Waals surface area (Å²) >= 11 is 0. The molecule has 8 heteroatoms. The third-order valence-corrected chi connectivity index (χ3v) is 3.74. The number of halogens is 2. The first-order chi connectivity index (χ1) is 9.87. The van der Waals surface area contributed by atoms with Crippen molar-refractivity contribution in [1.29, 1.82) is 5.26 Å². The summed E-state index contributed by atoms with van der Waals surface area (Å²) in [6.07, 6.45) is 2.15. The van der Waals surface area contributed by atoms with Gasteiger partial charge in [0.25, 0.3) is 0 Å². The molecule has 0 radical (unpaired) electrons. The second-order valence-corrected chi connectivity index (χ2v) is 4.98. The highest BCUT2D eigenvalue weighted by Gasteiger charge is 2.22. The lowest BCUT2D eigenvalue weighted by molar-refractivity contribution is -0.133. The topological polar surface area (TPSA) is 81.4 Å². The molecule has 0 bridgehead atoms. The molecule has 0 amide bonds. The van der Waals surface area contributed by atoms with Crippen molar-refractivity contribution < 1.29 is 22.9 Å². The predicted molar refractivity (Wildman–Crippen MR) is 70.9 cm³/mol. The van der Waals surface area contributed by atoms with E-state index in [4.69, 9.17) is 10.4 Å². The number of nitrogens with zero attached hydrogens (tertiary/aromatic N) is 2. The average Bonchev–Trinajstić information content (AvgIpc) is 2.46. The van der Waals surface area contributed by atoms with Gasteiger partial charge in [0.05, 0.1) is 10.5 Å². The molecule has 1 rings (SSSR count). The van der Waals surface area contributed by atoms with E-state index in [0.29, 0.717) is 6.07 Å². The molecule has 1 aromatic rings. The fourth-order valence-electron chi connectivity index (χ4n) is 1.46. The molecule has 5 nitrogen and oxygen atoms in total. The summed E-state index contributed by atoms with van der Waals surface area (Å²) < 4.78 is 39.7. The Bertz CT molecular complexity index is 695. The van der Waals surface area contributed by atoms with E-state index in [2.05, 4.69) is 6.58 Å². The van der Waals surface area contributed by atoms with Gasteiger partial charge in [-0.3, -0.25) is 4.31 Å². The van der Waals surface area contributed by atoms with Gasteiger partial charge in [-0.25, -0.2) is 17.8 Å². The number of carboxylic acid groups (broad SMARTS) is 1. The minimum atomic E-state index is -2.19. The molecular formula is C13H10F2N2O3S. The van der Waals surface area contributed by atoms with Crippen LogP contribution in [0, 0.1) is 23.0 Å². The first-order valence-corrected chi connectivity index (χ1v) is 6.60. The van der Waals surface area contributed by atoms with Crippen LogP contribution in [0.25, 0.3) is 0 Å². The first-order valence-electron chi connectivity index (χ1n) is 5.49. The summed E-state index contributed by atoms with van der Waals surface area (Å²) in [5.41, 5.74) is -0.980. The van der Waals surface area contributed by atoms with Crippen LogP contribution >= 0.6 is 0 Å². The lowest BCUT2D eigenvalue weighted by atomic mass is 10.2. The van der Waals surface area contributed by atoms with Crippen LogP contribution in [0.1, 0.15) is 12.5 Å². The number of nitriles is 1. The quantitative estimate of drug-likeness (QED) is 0.846. The molecule has 1 unspecified atom stereocenters. The number of hydrogen-bond donors (Lipinski definition) is 1. The molecule has 0 saturated heterocycles. The number of benzene rings is 1. The third-order valence-electron chi connectivity index (χ3n) is 2.40. The van der Waals surface area contributed by atoms with Gasteiger partial charge in [0, 0.05) is 6.20 Å². The van der Waals surface area contributed by atoms with E-state index in [9.17, 15) is 17.8 Å². The van der Waals surface area contributed by atoms with Crippen molar-refractivity contribution >= 4 is 17.0 Å². The van der Waals surface area contributed by atoms with E-state index in [1.807, 2.05) is 0 Å². The Hall–Kier alpha value is -2.53. The van der Waals surface area contributed by atoms with Crippen LogP contribution in [0.2, 0.25) is 0 Å². The lowest BCUT2D eigenvalue weighted by Crippen LogP contribution is -2.24. The maximum Gasteiger partial charge on any atom is 0.353 e. The summed E-state index contributed by atoms with van der Waals surface area (Å²) in [7, 11) is -2.19. The van der Waals surface area contributed by atoms with Crippen molar-refractivity contribution in [3.05, 3.63) is 53.9 Å². The minimum Gasteiger partial charge on any atom is -0.477 e. The molecule has 1 N–H and O–H groups in total. The Morgan fingerprint density at radius 1 is 1.52 bits per heavy atom. The Morgan fingerprint density at radius 2 is 2.14 bits per heavy atom. The van der Waals surface area contributed by atoms with Gasteiger partial charge in [-0.2, -0.15) is 5.26 Å². The molecule has 0 heterocycles. The van der Waals surface area contributed by atoms with Crippen molar-refractivity contribution in [3.8, 4) is 6.07 Å². The normalized spacial score (nSPS) is 12.4. The predicted octanol–water partition coefficient (Wildman–Crippen LogP) is 2.29. The molecular weight excluding hydrogens is 302 g/mol. The number of allylic oxidation sites excluding steroid dienone is 1. The van der Waals surface area contributed by atoms with Crippen LogP contribution < -0.4 is 0 Å². The van der Waals surface area contributed by atoms with Gasteiger partial charge in [0.2, 0.25) is 0 Å². The maximum absolute atomic E-state index is 13.4. The average molecular weight is 312 g/mol. The number of carbonyl (C=O) groups is 1. The van der Waals surface area contributed by atoms with E-state index < -0.39 is 34.2 Å². The van der Waals surface area contributed by atoms with Gasteiger partial charge in [0.1, 0.15) is 11.8 Å². The number of hydrogen-bond acceptors (Lipinski definition) is 3.